The van der Waals surface area contributed by atoms with Crippen molar-refractivity contribution in [3.8, 4) is 6.07 Å². The Morgan fingerprint density at radius 1 is 1.42 bits per heavy atom. The lowest BCUT2D eigenvalue weighted by atomic mass is 9.87. The molecule has 1 aromatic carbocycles. The molecule has 4 nitrogen and oxygen atoms in total. The van der Waals surface area contributed by atoms with Crippen LogP contribution >= 0.6 is 43.1 Å². The highest BCUT2D eigenvalue weighted by molar-refractivity contribution is 14.2. The molecule has 1 aliphatic rings. The van der Waals surface area contributed by atoms with Gasteiger partial charge in [0.1, 0.15) is 6.42 Å². The molecule has 0 radical (unpaired) electrons. The van der Waals surface area contributed by atoms with Gasteiger partial charge < -0.3 is 0 Å². The zero-order valence-electron chi connectivity index (χ0n) is 13.3. The van der Waals surface area contributed by atoms with Crippen LogP contribution < -0.4 is 0 Å². The zero-order valence-corrected chi connectivity index (χ0v) is 17.2. The monoisotopic (exact) mass is 471 g/mol. The number of piperidine rings is 1. The highest BCUT2D eigenvalue weighted by Gasteiger charge is 2.23. The molecular formula is C17H18IN3OS2. The van der Waals surface area contributed by atoms with Gasteiger partial charge in [-0.05, 0) is 55.0 Å². The van der Waals surface area contributed by atoms with Crippen molar-refractivity contribution in [1.29, 1.82) is 5.26 Å². The number of fused-ring (bicyclic) bond motifs is 1. The second kappa shape index (κ2) is 7.68. The Morgan fingerprint density at radius 3 is 2.75 bits per heavy atom. The Hall–Kier alpha value is -0.690. The summed E-state index contributed by atoms with van der Waals surface area (Å²) in [5.41, 5.74) is 4.31. The van der Waals surface area contributed by atoms with Gasteiger partial charge >= 0.3 is 0 Å². The van der Waals surface area contributed by atoms with Crippen molar-refractivity contribution < 1.29 is 4.79 Å². The Morgan fingerprint density at radius 2 is 2.12 bits per heavy atom. The predicted octanol–water partition coefficient (Wildman–Crippen LogP) is 4.92. The van der Waals surface area contributed by atoms with Crippen molar-refractivity contribution >= 4 is 59.8 Å². The molecule has 0 bridgehead atoms. The van der Waals surface area contributed by atoms with E-state index in [0.29, 0.717) is 11.6 Å². The topological polar surface area (TPSA) is 49.0 Å². The number of nitrogens with zero attached hydrogens (tertiary/aromatic N) is 3. The largest absolute Gasteiger partial charge is 0.291 e. The fraction of sp³-hybridized carbons (Fsp3) is 0.412. The van der Waals surface area contributed by atoms with Crippen molar-refractivity contribution in [2.45, 2.75) is 32.1 Å². The van der Waals surface area contributed by atoms with Crippen molar-refractivity contribution in [1.82, 2.24) is 8.28 Å². The molecule has 7 heteroatoms. The summed E-state index contributed by atoms with van der Waals surface area (Å²) in [6.45, 7) is 4.14. The van der Waals surface area contributed by atoms with Crippen LogP contribution in [0, 0.1) is 18.3 Å². The number of thiol groups is 1. The maximum absolute atomic E-state index is 12.2. The molecule has 2 aromatic rings. The van der Waals surface area contributed by atoms with Gasteiger partial charge in [-0.2, -0.15) is 5.26 Å². The number of ketones is 1. The summed E-state index contributed by atoms with van der Waals surface area (Å²) in [5.74, 6) is 0.416. The van der Waals surface area contributed by atoms with E-state index >= 15 is 0 Å². The summed E-state index contributed by atoms with van der Waals surface area (Å²) in [6.07, 6.45) is 2.13. The molecule has 0 unspecified atom stereocenters. The van der Waals surface area contributed by atoms with Crippen LogP contribution in [0.2, 0.25) is 0 Å². The fourth-order valence-electron chi connectivity index (χ4n) is 3.41. The highest BCUT2D eigenvalue weighted by Crippen LogP contribution is 2.36. The van der Waals surface area contributed by atoms with E-state index in [1.165, 1.54) is 20.2 Å². The minimum absolute atomic E-state index is 0.0836. The smallest absolute Gasteiger partial charge is 0.194 e. The van der Waals surface area contributed by atoms with E-state index in [-0.39, 0.29) is 12.2 Å². The molecule has 0 atom stereocenters. The summed E-state index contributed by atoms with van der Waals surface area (Å²) < 4.78 is 4.03. The first-order valence-electron chi connectivity index (χ1n) is 7.84. The van der Waals surface area contributed by atoms with Gasteiger partial charge in [-0.25, -0.2) is 0 Å². The number of benzene rings is 1. The predicted molar refractivity (Wildman–Crippen MR) is 111 cm³/mol. The van der Waals surface area contributed by atoms with Crippen LogP contribution in [0.5, 0.6) is 0 Å². The molecule has 0 N–H and O–H groups in total. The van der Waals surface area contributed by atoms with E-state index in [0.717, 1.165) is 36.8 Å². The lowest BCUT2D eigenvalue weighted by Gasteiger charge is -2.29. The Kier molecular flexibility index (Phi) is 5.80. The normalized spacial score (nSPS) is 16.4. The van der Waals surface area contributed by atoms with E-state index in [2.05, 4.69) is 57.4 Å². The van der Waals surface area contributed by atoms with Crippen LogP contribution in [0.4, 0.5) is 0 Å². The van der Waals surface area contributed by atoms with Crippen LogP contribution in [0.25, 0.3) is 10.9 Å². The van der Waals surface area contributed by atoms with Gasteiger partial charge in [-0.1, -0.05) is 12.8 Å². The standard InChI is InChI=1S/C17H18IN3OS2/c1-11-8-13-9-16(17(22)2-5-19)21(24-18)15(13)10-14(11)12-3-6-20(23)7-4-12/h8-10,12,23H,2-4,6-7H2,1H3. The first kappa shape index (κ1) is 18.1. The van der Waals surface area contributed by atoms with Gasteiger partial charge in [-0.15, -0.1) is 0 Å². The molecular weight excluding hydrogens is 453 g/mol. The maximum atomic E-state index is 12.2. The van der Waals surface area contributed by atoms with E-state index in [1.807, 2.05) is 16.1 Å². The summed E-state index contributed by atoms with van der Waals surface area (Å²) in [5, 5.41) is 9.88. The number of hydrogen-bond acceptors (Lipinski definition) is 5. The molecule has 24 heavy (non-hydrogen) atoms. The second-order valence-electron chi connectivity index (χ2n) is 6.15. The van der Waals surface area contributed by atoms with Crippen LogP contribution in [0.3, 0.4) is 0 Å². The molecule has 1 aromatic heterocycles. The summed E-state index contributed by atoms with van der Waals surface area (Å²) in [4.78, 5) is 12.2. The summed E-state index contributed by atoms with van der Waals surface area (Å²) in [7, 11) is 1.48. The van der Waals surface area contributed by atoms with E-state index in [1.54, 1.807) is 0 Å². The number of aromatic nitrogens is 1. The molecule has 0 saturated carbocycles. The number of carbonyl (C=O) groups is 1. The highest BCUT2D eigenvalue weighted by atomic mass is 127. The number of carbonyl (C=O) groups excluding carboxylic acids is 1. The molecule has 1 fully saturated rings. The minimum Gasteiger partial charge on any atom is -0.291 e. The van der Waals surface area contributed by atoms with Crippen molar-refractivity contribution in [2.24, 2.45) is 0 Å². The SMILES string of the molecule is Cc1cc2cc(C(=O)CC#N)n(SI)c2cc1C1CCN(S)CC1. The molecule has 1 aliphatic heterocycles. The van der Waals surface area contributed by atoms with Gasteiger partial charge in [0.05, 0.1) is 17.3 Å². The molecule has 126 valence electrons. The number of nitriles is 1. The molecule has 0 spiro atoms. The first-order valence-corrected chi connectivity index (χ1v) is 11.6. The number of Topliss-reactive ketones (excluding diaryl/α,β-unsaturated/α-hetero) is 1. The first-order chi connectivity index (χ1) is 11.5. The van der Waals surface area contributed by atoms with Gasteiger partial charge in [0.2, 0.25) is 0 Å². The van der Waals surface area contributed by atoms with Crippen molar-refractivity contribution in [3.63, 3.8) is 0 Å². The number of aryl methyl sites for hydroxylation is 1. The van der Waals surface area contributed by atoms with E-state index in [9.17, 15) is 4.79 Å². The Bertz CT molecular complexity index is 819. The molecule has 0 amide bonds. The molecule has 1 saturated heterocycles. The molecule has 0 aliphatic carbocycles. The third-order valence-electron chi connectivity index (χ3n) is 4.65. The number of hydrogen-bond donors (Lipinski definition) is 1. The summed E-state index contributed by atoms with van der Waals surface area (Å²) >= 11 is 6.63. The van der Waals surface area contributed by atoms with Crippen LogP contribution in [-0.2, 0) is 0 Å². The van der Waals surface area contributed by atoms with Gasteiger partial charge in [0.25, 0.3) is 0 Å². The molecule has 3 rings (SSSR count). The fourth-order valence-corrected chi connectivity index (χ4v) is 5.37. The zero-order chi connectivity index (χ0) is 17.3. The van der Waals surface area contributed by atoms with Crippen molar-refractivity contribution in [3.05, 3.63) is 35.0 Å². The Labute approximate surface area is 163 Å². The Balaban J connectivity index is 2.06. The van der Waals surface area contributed by atoms with E-state index in [4.69, 9.17) is 5.26 Å². The lowest BCUT2D eigenvalue weighted by Crippen LogP contribution is -2.25. The average Bonchev–Trinajstić information content (AvgIpc) is 2.92. The molecule has 2 heterocycles. The van der Waals surface area contributed by atoms with Crippen molar-refractivity contribution in [2.75, 3.05) is 13.1 Å². The van der Waals surface area contributed by atoms with Gasteiger partial charge in [0.15, 0.2) is 5.78 Å². The van der Waals surface area contributed by atoms with E-state index < -0.39 is 0 Å². The van der Waals surface area contributed by atoms with Crippen LogP contribution in [0.1, 0.15) is 46.8 Å². The minimum atomic E-state index is -0.125. The third-order valence-corrected chi connectivity index (χ3v) is 6.76. The number of halogens is 1. The second-order valence-corrected chi connectivity index (χ2v) is 8.40. The average molecular weight is 471 g/mol. The third kappa shape index (κ3) is 3.47. The van der Waals surface area contributed by atoms with Gasteiger partial charge in [0, 0.05) is 48.8 Å². The lowest BCUT2D eigenvalue weighted by molar-refractivity contribution is 0.0993. The maximum Gasteiger partial charge on any atom is 0.194 e. The quantitative estimate of drug-likeness (QED) is 0.391. The number of rotatable bonds is 4. The van der Waals surface area contributed by atoms with Crippen LogP contribution in [-0.4, -0.2) is 27.2 Å². The summed E-state index contributed by atoms with van der Waals surface area (Å²) in [6, 6.07) is 8.27. The van der Waals surface area contributed by atoms with Gasteiger partial charge in [-0.3, -0.25) is 13.1 Å². The van der Waals surface area contributed by atoms with Crippen LogP contribution in [0.15, 0.2) is 18.2 Å².